The predicted octanol–water partition coefficient (Wildman–Crippen LogP) is 2.67. The molecule has 0 bridgehead atoms. The van der Waals surface area contributed by atoms with E-state index in [4.69, 9.17) is 14.6 Å². The molecule has 0 saturated heterocycles. The molecule has 128 valence electrons. The molecular weight excluding hydrogens is 366 g/mol. The van der Waals surface area contributed by atoms with Crippen molar-refractivity contribution in [3.05, 3.63) is 34.3 Å². The maximum Gasteiger partial charge on any atom is 0.306 e. The van der Waals surface area contributed by atoms with E-state index in [1.54, 1.807) is 31.2 Å². The van der Waals surface area contributed by atoms with Crippen LogP contribution in [0.3, 0.4) is 0 Å². The first kappa shape index (κ1) is 19.6. The smallest absolute Gasteiger partial charge is 0.306 e. The van der Waals surface area contributed by atoms with Crippen LogP contribution in [0.2, 0.25) is 0 Å². The van der Waals surface area contributed by atoms with E-state index in [2.05, 4.69) is 21.2 Å². The zero-order chi connectivity index (χ0) is 17.2. The van der Waals surface area contributed by atoms with Crippen LogP contribution in [0.5, 0.6) is 0 Å². The number of hydrogen-bond acceptors (Lipinski definition) is 4. The van der Waals surface area contributed by atoms with Crippen LogP contribution >= 0.6 is 15.9 Å². The van der Waals surface area contributed by atoms with Gasteiger partial charge < -0.3 is 19.9 Å². The number of carboxylic acids is 1. The highest BCUT2D eigenvalue weighted by atomic mass is 79.9. The number of hydrogen-bond donors (Lipinski definition) is 2. The minimum absolute atomic E-state index is 0.114. The van der Waals surface area contributed by atoms with Crippen molar-refractivity contribution in [3.63, 3.8) is 0 Å². The van der Waals surface area contributed by atoms with Crippen LogP contribution in [0.4, 0.5) is 0 Å². The molecule has 1 rings (SSSR count). The lowest BCUT2D eigenvalue weighted by Crippen LogP contribution is -2.40. The standard InChI is InChI=1S/C16H22BrNO5/c1-3-22-10-23-9-14(8-11(2)16(20)21)18-15(19)12-4-6-13(17)7-5-12/h4-7,11,14H,3,8-10H2,1-2H3,(H,18,19)(H,20,21). The first-order valence-corrected chi connectivity index (χ1v) is 8.18. The Bertz CT molecular complexity index is 506. The van der Waals surface area contributed by atoms with E-state index >= 15 is 0 Å². The molecular formula is C16H22BrNO5. The zero-order valence-electron chi connectivity index (χ0n) is 13.3. The molecule has 1 aromatic rings. The highest BCUT2D eigenvalue weighted by Crippen LogP contribution is 2.12. The lowest BCUT2D eigenvalue weighted by Gasteiger charge is -2.20. The van der Waals surface area contributed by atoms with Gasteiger partial charge in [0.1, 0.15) is 6.79 Å². The second-order valence-electron chi connectivity index (χ2n) is 5.13. The molecule has 0 aliphatic rings. The Morgan fingerprint density at radius 3 is 2.48 bits per heavy atom. The Kier molecular flexibility index (Phi) is 8.83. The lowest BCUT2D eigenvalue weighted by atomic mass is 10.0. The van der Waals surface area contributed by atoms with Crippen molar-refractivity contribution in [2.45, 2.75) is 26.3 Å². The second kappa shape index (κ2) is 10.4. The summed E-state index contributed by atoms with van der Waals surface area (Å²) in [4.78, 5) is 23.3. The molecule has 0 heterocycles. The van der Waals surface area contributed by atoms with Gasteiger partial charge >= 0.3 is 5.97 Å². The number of benzene rings is 1. The average Bonchev–Trinajstić information content (AvgIpc) is 2.51. The van der Waals surface area contributed by atoms with Crippen LogP contribution in [0.15, 0.2) is 28.7 Å². The molecule has 0 fully saturated rings. The van der Waals surface area contributed by atoms with Gasteiger partial charge in [-0.15, -0.1) is 0 Å². The summed E-state index contributed by atoms with van der Waals surface area (Å²) in [5.74, 6) is -1.75. The van der Waals surface area contributed by atoms with Gasteiger partial charge in [-0.1, -0.05) is 22.9 Å². The van der Waals surface area contributed by atoms with Gasteiger partial charge in [0.25, 0.3) is 5.91 Å². The number of rotatable bonds is 10. The molecule has 2 unspecified atom stereocenters. The van der Waals surface area contributed by atoms with Crippen molar-refractivity contribution in [2.24, 2.45) is 5.92 Å². The Morgan fingerprint density at radius 2 is 1.91 bits per heavy atom. The van der Waals surface area contributed by atoms with Crippen LogP contribution < -0.4 is 5.32 Å². The molecule has 2 atom stereocenters. The van der Waals surface area contributed by atoms with Crippen LogP contribution in [-0.4, -0.2) is 43.0 Å². The van der Waals surface area contributed by atoms with Gasteiger partial charge in [0.05, 0.1) is 18.6 Å². The fourth-order valence-electron chi connectivity index (χ4n) is 1.90. The number of carboxylic acid groups (broad SMARTS) is 1. The van der Waals surface area contributed by atoms with E-state index in [9.17, 15) is 9.59 Å². The van der Waals surface area contributed by atoms with Gasteiger partial charge in [-0.3, -0.25) is 9.59 Å². The summed E-state index contributed by atoms with van der Waals surface area (Å²) < 4.78 is 11.3. The van der Waals surface area contributed by atoms with E-state index in [1.807, 2.05) is 6.92 Å². The van der Waals surface area contributed by atoms with Gasteiger partial charge in [0, 0.05) is 16.6 Å². The monoisotopic (exact) mass is 387 g/mol. The summed E-state index contributed by atoms with van der Waals surface area (Å²) in [5, 5.41) is 11.9. The molecule has 23 heavy (non-hydrogen) atoms. The van der Waals surface area contributed by atoms with E-state index in [1.165, 1.54) is 0 Å². The van der Waals surface area contributed by atoms with Gasteiger partial charge in [0.2, 0.25) is 0 Å². The topological polar surface area (TPSA) is 84.9 Å². The van der Waals surface area contributed by atoms with Gasteiger partial charge in [0.15, 0.2) is 0 Å². The molecule has 7 heteroatoms. The quantitative estimate of drug-likeness (QED) is 0.476. The fraction of sp³-hybridized carbons (Fsp3) is 0.500. The first-order chi connectivity index (χ1) is 10.9. The molecule has 6 nitrogen and oxygen atoms in total. The molecule has 1 amide bonds. The second-order valence-corrected chi connectivity index (χ2v) is 6.05. The summed E-state index contributed by atoms with van der Waals surface area (Å²) in [6.45, 7) is 4.29. The normalized spacial score (nSPS) is 13.3. The summed E-state index contributed by atoms with van der Waals surface area (Å²) in [7, 11) is 0. The number of carbonyl (C=O) groups excluding carboxylic acids is 1. The summed E-state index contributed by atoms with van der Waals surface area (Å²) in [6.07, 6.45) is 0.281. The fourth-order valence-corrected chi connectivity index (χ4v) is 2.16. The largest absolute Gasteiger partial charge is 0.481 e. The molecule has 0 radical (unpaired) electrons. The van der Waals surface area contributed by atoms with Crippen molar-refractivity contribution in [3.8, 4) is 0 Å². The SMILES string of the molecule is CCOCOCC(CC(C)C(=O)O)NC(=O)c1ccc(Br)cc1. The van der Waals surface area contributed by atoms with E-state index in [0.29, 0.717) is 12.2 Å². The van der Waals surface area contributed by atoms with Crippen molar-refractivity contribution >= 4 is 27.8 Å². The van der Waals surface area contributed by atoms with Gasteiger partial charge in [-0.25, -0.2) is 0 Å². The predicted molar refractivity (Wildman–Crippen MR) is 89.3 cm³/mol. The number of amides is 1. The Hall–Kier alpha value is -1.44. The summed E-state index contributed by atoms with van der Waals surface area (Å²) in [6, 6.07) is 6.53. The van der Waals surface area contributed by atoms with Crippen molar-refractivity contribution in [1.29, 1.82) is 0 Å². The number of halogens is 1. The third-order valence-electron chi connectivity index (χ3n) is 3.19. The van der Waals surface area contributed by atoms with Crippen molar-refractivity contribution in [2.75, 3.05) is 20.0 Å². The van der Waals surface area contributed by atoms with Crippen LogP contribution in [0.25, 0.3) is 0 Å². The number of aliphatic carboxylic acids is 1. The Morgan fingerprint density at radius 1 is 1.26 bits per heavy atom. The molecule has 1 aromatic carbocycles. The molecule has 0 aliphatic heterocycles. The van der Waals surface area contributed by atoms with Crippen LogP contribution in [0, 0.1) is 5.92 Å². The van der Waals surface area contributed by atoms with Gasteiger partial charge in [-0.05, 0) is 37.6 Å². The highest BCUT2D eigenvalue weighted by molar-refractivity contribution is 9.10. The van der Waals surface area contributed by atoms with E-state index in [-0.39, 0.29) is 25.7 Å². The van der Waals surface area contributed by atoms with Crippen molar-refractivity contribution < 1.29 is 24.2 Å². The third-order valence-corrected chi connectivity index (χ3v) is 3.72. The number of nitrogens with one attached hydrogen (secondary N) is 1. The summed E-state index contributed by atoms with van der Waals surface area (Å²) >= 11 is 3.31. The minimum atomic E-state index is -0.905. The maximum absolute atomic E-state index is 12.2. The first-order valence-electron chi connectivity index (χ1n) is 7.38. The van der Waals surface area contributed by atoms with Crippen LogP contribution in [-0.2, 0) is 14.3 Å². The van der Waals surface area contributed by atoms with Crippen LogP contribution in [0.1, 0.15) is 30.6 Å². The number of carbonyl (C=O) groups is 2. The molecule has 0 spiro atoms. The Labute approximate surface area is 144 Å². The highest BCUT2D eigenvalue weighted by Gasteiger charge is 2.21. The van der Waals surface area contributed by atoms with Crippen molar-refractivity contribution in [1.82, 2.24) is 5.32 Å². The Balaban J connectivity index is 2.64. The molecule has 0 aliphatic carbocycles. The maximum atomic E-state index is 12.2. The van der Waals surface area contributed by atoms with Gasteiger partial charge in [-0.2, -0.15) is 0 Å². The molecule has 0 aromatic heterocycles. The average molecular weight is 388 g/mol. The third kappa shape index (κ3) is 7.58. The molecule has 0 saturated carbocycles. The lowest BCUT2D eigenvalue weighted by molar-refractivity contribution is -0.141. The number of ether oxygens (including phenoxy) is 2. The van der Waals surface area contributed by atoms with E-state index < -0.39 is 17.9 Å². The minimum Gasteiger partial charge on any atom is -0.481 e. The zero-order valence-corrected chi connectivity index (χ0v) is 14.8. The van der Waals surface area contributed by atoms with E-state index in [0.717, 1.165) is 4.47 Å². The molecule has 2 N–H and O–H groups in total. The summed E-state index contributed by atoms with van der Waals surface area (Å²) in [5.41, 5.74) is 0.506.